The molecule has 25 heavy (non-hydrogen) atoms. The van der Waals surface area contributed by atoms with Crippen LogP contribution in [0.5, 0.6) is 0 Å². The molecule has 1 amide bonds. The summed E-state index contributed by atoms with van der Waals surface area (Å²) >= 11 is 0. The summed E-state index contributed by atoms with van der Waals surface area (Å²) in [7, 11) is -3.47. The fraction of sp³-hybridized carbons (Fsp3) is 0.278. The molecule has 0 spiro atoms. The Kier molecular flexibility index (Phi) is 7.12. The van der Waals surface area contributed by atoms with Gasteiger partial charge >= 0.3 is 0 Å². The number of carbonyl (C=O) groups is 1. The molecule has 0 unspecified atom stereocenters. The summed E-state index contributed by atoms with van der Waals surface area (Å²) in [6, 6.07) is 18.0. The number of nitrogens with two attached hydrogens (primary N) is 1. The molecule has 0 bridgehead atoms. The van der Waals surface area contributed by atoms with Crippen LogP contribution in [-0.2, 0) is 27.8 Å². The normalized spacial score (nSPS) is 12.5. The molecular weight excluding hydrogens is 338 g/mol. The smallest absolute Gasteiger partial charge is 0.237 e. The molecule has 2 rings (SSSR count). The number of hydrogen-bond acceptors (Lipinski definition) is 4. The van der Waals surface area contributed by atoms with Crippen molar-refractivity contribution in [3.05, 3.63) is 71.8 Å². The van der Waals surface area contributed by atoms with E-state index in [2.05, 4.69) is 10.0 Å². The number of benzene rings is 2. The summed E-state index contributed by atoms with van der Waals surface area (Å²) in [4.78, 5) is 12.0. The van der Waals surface area contributed by atoms with Crippen LogP contribution in [0.3, 0.4) is 0 Å². The van der Waals surface area contributed by atoms with Crippen LogP contribution in [-0.4, -0.2) is 32.7 Å². The molecule has 7 heteroatoms. The van der Waals surface area contributed by atoms with E-state index in [9.17, 15) is 13.2 Å². The standard InChI is InChI=1S/C18H23N3O3S/c19-17(13-15-7-3-1-4-8-15)18(22)20-11-12-25(23,24)21-14-16-9-5-2-6-10-16/h1-10,17,21H,11-14,19H2,(H,20,22)/t17-/m0/s1. The van der Waals surface area contributed by atoms with Crippen molar-refractivity contribution in [3.8, 4) is 0 Å². The molecular formula is C18H23N3O3S. The van der Waals surface area contributed by atoms with Gasteiger partial charge in [0.15, 0.2) is 0 Å². The molecule has 6 nitrogen and oxygen atoms in total. The van der Waals surface area contributed by atoms with Gasteiger partial charge in [-0.15, -0.1) is 0 Å². The highest BCUT2D eigenvalue weighted by Crippen LogP contribution is 2.02. The van der Waals surface area contributed by atoms with Gasteiger partial charge in [-0.2, -0.15) is 0 Å². The van der Waals surface area contributed by atoms with Gasteiger partial charge in [0.25, 0.3) is 0 Å². The first-order chi connectivity index (χ1) is 12.0. The maximum Gasteiger partial charge on any atom is 0.237 e. The Labute approximate surface area is 148 Å². The van der Waals surface area contributed by atoms with Gasteiger partial charge in [-0.25, -0.2) is 13.1 Å². The van der Waals surface area contributed by atoms with Crippen LogP contribution in [0, 0.1) is 0 Å². The highest BCUT2D eigenvalue weighted by atomic mass is 32.2. The van der Waals surface area contributed by atoms with E-state index < -0.39 is 16.1 Å². The molecule has 0 saturated carbocycles. The van der Waals surface area contributed by atoms with Crippen molar-refractivity contribution in [3.63, 3.8) is 0 Å². The van der Waals surface area contributed by atoms with Crippen LogP contribution < -0.4 is 15.8 Å². The van der Waals surface area contributed by atoms with E-state index in [1.807, 2.05) is 60.7 Å². The lowest BCUT2D eigenvalue weighted by Gasteiger charge is -2.13. The summed E-state index contributed by atoms with van der Waals surface area (Å²) < 4.78 is 26.4. The Morgan fingerprint density at radius 2 is 1.52 bits per heavy atom. The zero-order valence-corrected chi connectivity index (χ0v) is 14.7. The van der Waals surface area contributed by atoms with E-state index >= 15 is 0 Å². The molecule has 0 aromatic heterocycles. The van der Waals surface area contributed by atoms with Crippen LogP contribution in [0.4, 0.5) is 0 Å². The lowest BCUT2D eigenvalue weighted by molar-refractivity contribution is -0.122. The SMILES string of the molecule is N[C@@H](Cc1ccccc1)C(=O)NCCS(=O)(=O)NCc1ccccc1. The summed E-state index contributed by atoms with van der Waals surface area (Å²) in [6.45, 7) is 0.246. The lowest BCUT2D eigenvalue weighted by Crippen LogP contribution is -2.44. The Morgan fingerprint density at radius 3 is 2.12 bits per heavy atom. The summed E-state index contributed by atoms with van der Waals surface area (Å²) in [5.41, 5.74) is 7.69. The van der Waals surface area contributed by atoms with Crippen molar-refractivity contribution in [2.45, 2.75) is 19.0 Å². The molecule has 0 saturated heterocycles. The third kappa shape index (κ3) is 7.04. The Morgan fingerprint density at radius 1 is 0.960 bits per heavy atom. The van der Waals surface area contributed by atoms with Crippen LogP contribution >= 0.6 is 0 Å². The first-order valence-electron chi connectivity index (χ1n) is 8.05. The molecule has 2 aromatic rings. The first-order valence-corrected chi connectivity index (χ1v) is 9.70. The van der Waals surface area contributed by atoms with Crippen molar-refractivity contribution in [2.24, 2.45) is 5.73 Å². The van der Waals surface area contributed by atoms with E-state index in [-0.39, 0.29) is 24.7 Å². The molecule has 0 aliphatic heterocycles. The van der Waals surface area contributed by atoms with Gasteiger partial charge in [-0.1, -0.05) is 60.7 Å². The van der Waals surface area contributed by atoms with Crippen LogP contribution in [0.2, 0.25) is 0 Å². The third-order valence-corrected chi connectivity index (χ3v) is 4.97. The molecule has 1 atom stereocenters. The number of rotatable bonds is 9. The third-order valence-electron chi connectivity index (χ3n) is 3.64. The summed E-state index contributed by atoms with van der Waals surface area (Å²) in [5, 5.41) is 2.57. The minimum atomic E-state index is -3.47. The molecule has 0 radical (unpaired) electrons. The van der Waals surface area contributed by atoms with E-state index in [0.29, 0.717) is 6.42 Å². The van der Waals surface area contributed by atoms with Crippen molar-refractivity contribution >= 4 is 15.9 Å². The number of amides is 1. The monoisotopic (exact) mass is 361 g/mol. The molecule has 134 valence electrons. The average molecular weight is 361 g/mol. The number of hydrogen-bond donors (Lipinski definition) is 3. The predicted octanol–water partition coefficient (Wildman–Crippen LogP) is 0.792. The molecule has 0 aliphatic rings. The lowest BCUT2D eigenvalue weighted by atomic mass is 10.1. The zero-order chi connectivity index (χ0) is 18.1. The minimum Gasteiger partial charge on any atom is -0.354 e. The Bertz CT molecular complexity index is 765. The second-order valence-electron chi connectivity index (χ2n) is 5.71. The zero-order valence-electron chi connectivity index (χ0n) is 13.9. The van der Waals surface area contributed by atoms with Crippen molar-refractivity contribution in [2.75, 3.05) is 12.3 Å². The van der Waals surface area contributed by atoms with Crippen molar-refractivity contribution in [1.82, 2.24) is 10.0 Å². The summed E-state index contributed by atoms with van der Waals surface area (Å²) in [6.07, 6.45) is 0.408. The highest BCUT2D eigenvalue weighted by Gasteiger charge is 2.15. The molecule has 0 aliphatic carbocycles. The Hall–Kier alpha value is -2.22. The quantitative estimate of drug-likeness (QED) is 0.615. The number of carbonyl (C=O) groups excluding carboxylic acids is 1. The van der Waals surface area contributed by atoms with Crippen molar-refractivity contribution < 1.29 is 13.2 Å². The molecule has 0 fully saturated rings. The number of sulfonamides is 1. The maximum atomic E-state index is 12.0. The molecule has 4 N–H and O–H groups in total. The Balaban J connectivity index is 1.72. The maximum absolute atomic E-state index is 12.0. The fourth-order valence-electron chi connectivity index (χ4n) is 2.26. The van der Waals surface area contributed by atoms with Crippen molar-refractivity contribution in [1.29, 1.82) is 0 Å². The van der Waals surface area contributed by atoms with Crippen LogP contribution in [0.15, 0.2) is 60.7 Å². The molecule has 0 heterocycles. The molecule has 2 aromatic carbocycles. The largest absolute Gasteiger partial charge is 0.354 e. The first kappa shape index (κ1) is 19.1. The fourth-order valence-corrected chi connectivity index (χ4v) is 3.16. The van der Waals surface area contributed by atoms with E-state index in [4.69, 9.17) is 5.73 Å². The van der Waals surface area contributed by atoms with E-state index in [0.717, 1.165) is 11.1 Å². The van der Waals surface area contributed by atoms with Crippen LogP contribution in [0.25, 0.3) is 0 Å². The predicted molar refractivity (Wildman–Crippen MR) is 98.2 cm³/mol. The topological polar surface area (TPSA) is 101 Å². The highest BCUT2D eigenvalue weighted by molar-refractivity contribution is 7.89. The van der Waals surface area contributed by atoms with Gasteiger partial charge in [0.05, 0.1) is 11.8 Å². The number of nitrogens with one attached hydrogen (secondary N) is 2. The van der Waals surface area contributed by atoms with E-state index in [1.165, 1.54) is 0 Å². The summed E-state index contributed by atoms with van der Waals surface area (Å²) in [5.74, 6) is -0.550. The van der Waals surface area contributed by atoms with Gasteiger partial charge in [0.2, 0.25) is 15.9 Å². The van der Waals surface area contributed by atoms with Gasteiger partial charge in [-0.05, 0) is 17.5 Å². The average Bonchev–Trinajstić information content (AvgIpc) is 2.61. The van der Waals surface area contributed by atoms with Gasteiger partial charge < -0.3 is 11.1 Å². The second kappa shape index (κ2) is 9.31. The van der Waals surface area contributed by atoms with Gasteiger partial charge in [-0.3, -0.25) is 4.79 Å². The van der Waals surface area contributed by atoms with Crippen LogP contribution in [0.1, 0.15) is 11.1 Å². The van der Waals surface area contributed by atoms with Gasteiger partial charge in [0, 0.05) is 13.1 Å². The van der Waals surface area contributed by atoms with E-state index in [1.54, 1.807) is 0 Å². The minimum absolute atomic E-state index is 0.0193. The van der Waals surface area contributed by atoms with Gasteiger partial charge in [0.1, 0.15) is 0 Å². The second-order valence-corrected chi connectivity index (χ2v) is 7.64.